The van der Waals surface area contributed by atoms with Crippen LogP contribution in [0.25, 0.3) is 0 Å². The highest BCUT2D eigenvalue weighted by Crippen LogP contribution is 2.26. The van der Waals surface area contributed by atoms with Crippen LogP contribution in [0.1, 0.15) is 31.0 Å². The van der Waals surface area contributed by atoms with Gasteiger partial charge in [-0.1, -0.05) is 13.0 Å². The van der Waals surface area contributed by atoms with Crippen LogP contribution in [0.4, 0.5) is 17.2 Å². The Labute approximate surface area is 185 Å². The third-order valence-electron chi connectivity index (χ3n) is 4.46. The highest BCUT2D eigenvalue weighted by atomic mass is 79.9. The Morgan fingerprint density at radius 1 is 1.07 bits per heavy atom. The Morgan fingerprint density at radius 2 is 1.83 bits per heavy atom. The van der Waals surface area contributed by atoms with Crippen LogP contribution in [-0.4, -0.2) is 22.5 Å². The van der Waals surface area contributed by atoms with Crippen molar-refractivity contribution in [2.24, 2.45) is 0 Å². The molecule has 30 heavy (non-hydrogen) atoms. The summed E-state index contributed by atoms with van der Waals surface area (Å²) in [4.78, 5) is 20.4. The van der Waals surface area contributed by atoms with Crippen LogP contribution in [0.15, 0.2) is 59.3 Å². The average molecular weight is 469 g/mol. The van der Waals surface area contributed by atoms with Crippen molar-refractivity contribution in [3.63, 3.8) is 0 Å². The molecule has 0 spiro atoms. The summed E-state index contributed by atoms with van der Waals surface area (Å²) >= 11 is 3.53. The summed E-state index contributed by atoms with van der Waals surface area (Å²) in [5.41, 5.74) is 3.79. The Hall–Kier alpha value is -2.93. The quantitative estimate of drug-likeness (QED) is 0.396. The number of nitrogens with one attached hydrogen (secondary N) is 2. The fourth-order valence-corrected chi connectivity index (χ4v) is 3.37. The molecule has 2 aromatic carbocycles. The van der Waals surface area contributed by atoms with Crippen molar-refractivity contribution in [3.8, 4) is 5.75 Å². The SMILES string of the molecule is CCc1ccc(OCCCC(=O)Nc2ccc(Nc3cc(C)ncn3)cc2)c(Br)c1. The molecule has 0 fully saturated rings. The van der Waals surface area contributed by atoms with E-state index in [1.165, 1.54) is 11.9 Å². The molecule has 0 saturated carbocycles. The van der Waals surface area contributed by atoms with E-state index >= 15 is 0 Å². The van der Waals surface area contributed by atoms with Gasteiger partial charge in [0.05, 0.1) is 11.1 Å². The number of halogens is 1. The van der Waals surface area contributed by atoms with E-state index in [1.54, 1.807) is 0 Å². The molecular formula is C23H25BrN4O2. The van der Waals surface area contributed by atoms with Crippen LogP contribution in [-0.2, 0) is 11.2 Å². The van der Waals surface area contributed by atoms with Crippen LogP contribution in [0.3, 0.4) is 0 Å². The second-order valence-electron chi connectivity index (χ2n) is 6.87. The van der Waals surface area contributed by atoms with E-state index in [0.29, 0.717) is 19.4 Å². The largest absolute Gasteiger partial charge is 0.492 e. The number of hydrogen-bond acceptors (Lipinski definition) is 5. The Balaban J connectivity index is 1.41. The number of aryl methyl sites for hydroxylation is 2. The topological polar surface area (TPSA) is 76.1 Å². The van der Waals surface area contributed by atoms with Crippen molar-refractivity contribution in [2.45, 2.75) is 33.1 Å². The number of benzene rings is 2. The Morgan fingerprint density at radius 3 is 2.53 bits per heavy atom. The van der Waals surface area contributed by atoms with E-state index < -0.39 is 0 Å². The molecule has 0 aliphatic heterocycles. The van der Waals surface area contributed by atoms with E-state index in [1.807, 2.05) is 43.3 Å². The number of hydrogen-bond donors (Lipinski definition) is 2. The van der Waals surface area contributed by atoms with E-state index in [-0.39, 0.29) is 5.91 Å². The minimum Gasteiger partial charge on any atom is -0.492 e. The first-order valence-corrected chi connectivity index (χ1v) is 10.7. The van der Waals surface area contributed by atoms with Crippen LogP contribution in [0.2, 0.25) is 0 Å². The van der Waals surface area contributed by atoms with Gasteiger partial charge in [0.25, 0.3) is 0 Å². The molecular weight excluding hydrogens is 444 g/mol. The van der Waals surface area contributed by atoms with Crippen molar-refractivity contribution in [1.29, 1.82) is 0 Å². The minimum absolute atomic E-state index is 0.0360. The van der Waals surface area contributed by atoms with Gasteiger partial charge in [-0.15, -0.1) is 0 Å². The number of aromatic nitrogens is 2. The van der Waals surface area contributed by atoms with E-state index in [2.05, 4.69) is 55.6 Å². The normalized spacial score (nSPS) is 10.5. The number of rotatable bonds is 9. The third-order valence-corrected chi connectivity index (χ3v) is 5.07. The molecule has 0 aliphatic carbocycles. The summed E-state index contributed by atoms with van der Waals surface area (Å²) in [7, 11) is 0. The van der Waals surface area contributed by atoms with Gasteiger partial charge in [-0.3, -0.25) is 4.79 Å². The van der Waals surface area contributed by atoms with Gasteiger partial charge in [-0.25, -0.2) is 9.97 Å². The second-order valence-corrected chi connectivity index (χ2v) is 7.72. The van der Waals surface area contributed by atoms with Gasteiger partial charge in [0.2, 0.25) is 5.91 Å². The van der Waals surface area contributed by atoms with Crippen LogP contribution in [0, 0.1) is 6.92 Å². The van der Waals surface area contributed by atoms with E-state index in [0.717, 1.165) is 39.5 Å². The number of ether oxygens (including phenoxy) is 1. The molecule has 0 bridgehead atoms. The van der Waals surface area contributed by atoms with Gasteiger partial charge in [0.1, 0.15) is 17.9 Å². The zero-order chi connectivity index (χ0) is 21.3. The van der Waals surface area contributed by atoms with Crippen LogP contribution in [0.5, 0.6) is 5.75 Å². The monoisotopic (exact) mass is 468 g/mol. The number of carbonyl (C=O) groups is 1. The molecule has 3 aromatic rings. The molecule has 1 heterocycles. The third kappa shape index (κ3) is 6.56. The van der Waals surface area contributed by atoms with Gasteiger partial charge in [0.15, 0.2) is 0 Å². The number of anilines is 3. The Bertz CT molecular complexity index is 993. The molecule has 0 radical (unpaired) electrons. The molecule has 156 valence electrons. The predicted molar refractivity (Wildman–Crippen MR) is 123 cm³/mol. The number of carbonyl (C=O) groups excluding carboxylic acids is 1. The molecule has 6 nitrogen and oxygen atoms in total. The zero-order valence-electron chi connectivity index (χ0n) is 17.1. The van der Waals surface area contributed by atoms with Crippen molar-refractivity contribution < 1.29 is 9.53 Å². The molecule has 1 amide bonds. The maximum absolute atomic E-state index is 12.2. The summed E-state index contributed by atoms with van der Waals surface area (Å²) in [5.74, 6) is 1.50. The van der Waals surface area contributed by atoms with Gasteiger partial charge in [-0.2, -0.15) is 0 Å². The van der Waals surface area contributed by atoms with Gasteiger partial charge in [-0.05, 0) is 77.7 Å². The number of nitrogens with zero attached hydrogens (tertiary/aromatic N) is 2. The lowest BCUT2D eigenvalue weighted by Gasteiger charge is -2.10. The van der Waals surface area contributed by atoms with Crippen molar-refractivity contribution in [2.75, 3.05) is 17.2 Å². The van der Waals surface area contributed by atoms with Crippen molar-refractivity contribution in [1.82, 2.24) is 9.97 Å². The first-order chi connectivity index (χ1) is 14.5. The summed E-state index contributed by atoms with van der Waals surface area (Å²) < 4.78 is 6.71. The maximum Gasteiger partial charge on any atom is 0.224 e. The lowest BCUT2D eigenvalue weighted by Crippen LogP contribution is -2.12. The summed E-state index contributed by atoms with van der Waals surface area (Å²) in [6.07, 6.45) is 3.54. The highest BCUT2D eigenvalue weighted by molar-refractivity contribution is 9.10. The molecule has 0 atom stereocenters. The zero-order valence-corrected chi connectivity index (χ0v) is 18.7. The summed E-state index contributed by atoms with van der Waals surface area (Å²) in [6.45, 7) is 4.51. The van der Waals surface area contributed by atoms with Gasteiger partial charge in [0, 0.05) is 29.6 Å². The van der Waals surface area contributed by atoms with E-state index in [4.69, 9.17) is 4.74 Å². The number of amides is 1. The van der Waals surface area contributed by atoms with Gasteiger partial charge >= 0.3 is 0 Å². The molecule has 7 heteroatoms. The molecule has 0 saturated heterocycles. The van der Waals surface area contributed by atoms with E-state index in [9.17, 15) is 4.79 Å². The lowest BCUT2D eigenvalue weighted by atomic mass is 10.2. The fourth-order valence-electron chi connectivity index (χ4n) is 2.83. The minimum atomic E-state index is -0.0360. The lowest BCUT2D eigenvalue weighted by molar-refractivity contribution is -0.116. The molecule has 3 rings (SSSR count). The first-order valence-electron chi connectivity index (χ1n) is 9.90. The molecule has 0 aliphatic rings. The summed E-state index contributed by atoms with van der Waals surface area (Å²) in [5, 5.41) is 6.12. The van der Waals surface area contributed by atoms with Crippen LogP contribution < -0.4 is 15.4 Å². The smallest absolute Gasteiger partial charge is 0.224 e. The standard InChI is InChI=1S/C23H25BrN4O2/c1-3-17-6-11-21(20(24)14-17)30-12-4-5-23(29)28-19-9-7-18(8-10-19)27-22-13-16(2)25-15-26-22/h6-11,13-15H,3-5,12H2,1-2H3,(H,28,29)(H,25,26,27). The maximum atomic E-state index is 12.2. The average Bonchev–Trinajstić information content (AvgIpc) is 2.73. The predicted octanol–water partition coefficient (Wildman–Crippen LogP) is 5.65. The summed E-state index contributed by atoms with van der Waals surface area (Å²) in [6, 6.07) is 15.5. The van der Waals surface area contributed by atoms with Crippen molar-refractivity contribution >= 4 is 39.0 Å². The molecule has 0 unspecified atom stereocenters. The highest BCUT2D eigenvalue weighted by Gasteiger charge is 2.05. The molecule has 2 N–H and O–H groups in total. The molecule has 1 aromatic heterocycles. The first kappa shape index (κ1) is 21.8. The Kier molecular flexibility index (Phi) is 7.79. The van der Waals surface area contributed by atoms with Crippen LogP contribution >= 0.6 is 15.9 Å². The second kappa shape index (κ2) is 10.7. The van der Waals surface area contributed by atoms with Crippen molar-refractivity contribution in [3.05, 3.63) is 70.6 Å². The fraction of sp³-hybridized carbons (Fsp3) is 0.261. The van der Waals surface area contributed by atoms with Gasteiger partial charge < -0.3 is 15.4 Å².